The fourth-order valence-electron chi connectivity index (χ4n) is 1.77. The molecule has 2 rings (SSSR count). The van der Waals surface area contributed by atoms with Gasteiger partial charge in [-0.15, -0.1) is 0 Å². The number of benzene rings is 2. The minimum absolute atomic E-state index is 0.00954. The summed E-state index contributed by atoms with van der Waals surface area (Å²) >= 11 is 2.81. The molecular weight excluding hydrogens is 314 g/mol. The van der Waals surface area contributed by atoms with Crippen LogP contribution in [0.5, 0.6) is 0 Å². The van der Waals surface area contributed by atoms with E-state index in [4.69, 9.17) is 0 Å². The predicted molar refractivity (Wildman–Crippen MR) is 73.6 cm³/mol. The highest BCUT2D eigenvalue weighted by Gasteiger charge is 2.36. The maximum absolute atomic E-state index is 14.4. The van der Waals surface area contributed by atoms with Crippen molar-refractivity contribution in [1.82, 2.24) is 0 Å². The minimum atomic E-state index is -2.23. The Bertz CT molecular complexity index is 582. The van der Waals surface area contributed by atoms with E-state index in [9.17, 15) is 13.6 Å². The molecule has 0 radical (unpaired) electrons. The van der Waals surface area contributed by atoms with Gasteiger partial charge in [0.2, 0.25) is 10.4 Å². The molecule has 0 aliphatic heterocycles. The first kappa shape index (κ1) is 13.9. The molecule has 0 heterocycles. The second-order valence-electron chi connectivity index (χ2n) is 4.21. The maximum atomic E-state index is 14.4. The van der Waals surface area contributed by atoms with Crippen molar-refractivity contribution >= 4 is 21.7 Å². The van der Waals surface area contributed by atoms with Crippen molar-refractivity contribution in [3.63, 3.8) is 0 Å². The van der Waals surface area contributed by atoms with Crippen molar-refractivity contribution in [2.75, 3.05) is 0 Å². The minimum Gasteiger partial charge on any atom is -0.289 e. The Balaban J connectivity index is 2.22. The highest BCUT2D eigenvalue weighted by Crippen LogP contribution is 2.29. The van der Waals surface area contributed by atoms with Gasteiger partial charge in [0.1, 0.15) is 5.82 Å². The lowest BCUT2D eigenvalue weighted by Crippen LogP contribution is -2.29. The van der Waals surface area contributed by atoms with E-state index < -0.39 is 16.2 Å². The summed E-state index contributed by atoms with van der Waals surface area (Å²) in [5, 5.41) is 0. The topological polar surface area (TPSA) is 17.1 Å². The first-order chi connectivity index (χ1) is 8.99. The van der Waals surface area contributed by atoms with E-state index in [1.807, 2.05) is 6.07 Å². The summed E-state index contributed by atoms with van der Waals surface area (Å²) in [5.74, 6) is -1.34. The van der Waals surface area contributed by atoms with Crippen LogP contribution in [0.1, 0.15) is 15.9 Å². The smallest absolute Gasteiger partial charge is 0.231 e. The second kappa shape index (κ2) is 5.61. The monoisotopic (exact) mass is 324 g/mol. The van der Waals surface area contributed by atoms with Crippen LogP contribution in [0.15, 0.2) is 54.6 Å². The van der Waals surface area contributed by atoms with Gasteiger partial charge in [-0.1, -0.05) is 42.5 Å². The third kappa shape index (κ3) is 3.47. The number of carbonyl (C=O) groups excluding carboxylic acids is 1. The van der Waals surface area contributed by atoms with E-state index in [2.05, 4.69) is 15.9 Å². The number of hydrogen-bond donors (Lipinski definition) is 0. The molecule has 0 aromatic heterocycles. The van der Waals surface area contributed by atoms with Crippen LogP contribution in [0.3, 0.4) is 0 Å². The van der Waals surface area contributed by atoms with Gasteiger partial charge in [0.05, 0.1) is 0 Å². The molecule has 0 saturated heterocycles. The summed E-state index contributed by atoms with van der Waals surface area (Å²) in [6.45, 7) is 0. The van der Waals surface area contributed by atoms with Crippen LogP contribution in [0, 0.1) is 5.82 Å². The third-order valence-electron chi connectivity index (χ3n) is 2.69. The highest BCUT2D eigenvalue weighted by atomic mass is 79.9. The van der Waals surface area contributed by atoms with E-state index in [0.717, 1.165) is 6.07 Å². The van der Waals surface area contributed by atoms with Gasteiger partial charge in [0.15, 0.2) is 0 Å². The van der Waals surface area contributed by atoms with Gasteiger partial charge in [-0.2, -0.15) is 0 Å². The summed E-state index contributed by atoms with van der Waals surface area (Å²) in [4.78, 5) is 12.0. The summed E-state index contributed by atoms with van der Waals surface area (Å²) in [7, 11) is 0. The number of alkyl halides is 2. The van der Waals surface area contributed by atoms with Gasteiger partial charge < -0.3 is 0 Å². The largest absolute Gasteiger partial charge is 0.289 e. The average molecular weight is 325 g/mol. The van der Waals surface area contributed by atoms with Crippen molar-refractivity contribution in [3.8, 4) is 0 Å². The van der Waals surface area contributed by atoms with Crippen molar-refractivity contribution in [3.05, 3.63) is 71.5 Å². The van der Waals surface area contributed by atoms with Gasteiger partial charge in [0.25, 0.3) is 0 Å². The molecule has 0 fully saturated rings. The molecule has 0 saturated carbocycles. The quantitative estimate of drug-likeness (QED) is 0.605. The van der Waals surface area contributed by atoms with E-state index >= 15 is 0 Å². The molecule has 1 nitrogen and oxygen atoms in total. The Morgan fingerprint density at radius 2 is 1.79 bits per heavy atom. The molecular formula is C15H11BrF2O. The lowest BCUT2D eigenvalue weighted by Gasteiger charge is -2.17. The molecule has 2 aromatic rings. The van der Waals surface area contributed by atoms with Gasteiger partial charge in [-0.25, -0.2) is 8.78 Å². The average Bonchev–Trinajstić information content (AvgIpc) is 2.38. The van der Waals surface area contributed by atoms with Crippen LogP contribution in [0.4, 0.5) is 8.78 Å². The zero-order valence-corrected chi connectivity index (χ0v) is 11.5. The van der Waals surface area contributed by atoms with Crippen molar-refractivity contribution in [2.45, 2.75) is 11.0 Å². The number of hydrogen-bond acceptors (Lipinski definition) is 1. The van der Waals surface area contributed by atoms with Crippen LogP contribution >= 0.6 is 15.9 Å². The van der Waals surface area contributed by atoms with Crippen molar-refractivity contribution in [1.29, 1.82) is 0 Å². The molecule has 98 valence electrons. The molecule has 0 aliphatic carbocycles. The van der Waals surface area contributed by atoms with E-state index in [1.165, 1.54) is 18.2 Å². The SMILES string of the molecule is O=C(c1cccc(F)c1)C(F)(Br)Cc1ccccc1. The third-order valence-corrected chi connectivity index (χ3v) is 3.33. The number of Topliss-reactive ketones (excluding diaryl/α,β-unsaturated/α-hetero) is 1. The van der Waals surface area contributed by atoms with Crippen LogP contribution in [0.25, 0.3) is 0 Å². The second-order valence-corrected chi connectivity index (χ2v) is 5.46. The van der Waals surface area contributed by atoms with Crippen LogP contribution in [-0.4, -0.2) is 10.4 Å². The maximum Gasteiger partial charge on any atom is 0.231 e. The number of carbonyl (C=O) groups is 1. The Morgan fingerprint density at radius 1 is 1.11 bits per heavy atom. The van der Waals surface area contributed by atoms with E-state index in [0.29, 0.717) is 5.56 Å². The van der Waals surface area contributed by atoms with Crippen molar-refractivity contribution < 1.29 is 13.6 Å². The van der Waals surface area contributed by atoms with Gasteiger partial charge in [-0.05, 0) is 33.6 Å². The molecule has 4 heteroatoms. The molecule has 0 spiro atoms. The normalized spacial score (nSPS) is 13.8. The predicted octanol–water partition coefficient (Wildman–Crippen LogP) is 4.31. The van der Waals surface area contributed by atoms with E-state index in [-0.39, 0.29) is 12.0 Å². The van der Waals surface area contributed by atoms with Gasteiger partial charge in [0, 0.05) is 12.0 Å². The zero-order chi connectivity index (χ0) is 13.9. The summed E-state index contributed by atoms with van der Waals surface area (Å²) in [6.07, 6.45) is -0.108. The van der Waals surface area contributed by atoms with Crippen molar-refractivity contribution in [2.24, 2.45) is 0 Å². The lowest BCUT2D eigenvalue weighted by atomic mass is 10.0. The molecule has 19 heavy (non-hydrogen) atoms. The van der Waals surface area contributed by atoms with Crippen LogP contribution in [-0.2, 0) is 6.42 Å². The zero-order valence-electron chi connectivity index (χ0n) is 9.95. The highest BCUT2D eigenvalue weighted by molar-refractivity contribution is 9.10. The Labute approximate surface area is 118 Å². The molecule has 0 N–H and O–H groups in total. The van der Waals surface area contributed by atoms with Crippen LogP contribution < -0.4 is 0 Å². The summed E-state index contributed by atoms with van der Waals surface area (Å²) in [6, 6.07) is 13.8. The molecule has 0 aliphatic rings. The lowest BCUT2D eigenvalue weighted by molar-refractivity contribution is 0.0847. The summed E-state index contributed by atoms with van der Waals surface area (Å²) in [5.41, 5.74) is 0.696. The molecule has 0 bridgehead atoms. The number of halogens is 3. The number of ketones is 1. The Morgan fingerprint density at radius 3 is 2.42 bits per heavy atom. The van der Waals surface area contributed by atoms with Crippen LogP contribution in [0.2, 0.25) is 0 Å². The number of rotatable bonds is 4. The Hall–Kier alpha value is -1.55. The molecule has 0 amide bonds. The molecule has 2 aromatic carbocycles. The first-order valence-electron chi connectivity index (χ1n) is 5.71. The fraction of sp³-hybridized carbons (Fsp3) is 0.133. The molecule has 1 atom stereocenters. The Kier molecular flexibility index (Phi) is 4.10. The van der Waals surface area contributed by atoms with Gasteiger partial charge in [-0.3, -0.25) is 4.79 Å². The van der Waals surface area contributed by atoms with E-state index in [1.54, 1.807) is 24.3 Å². The van der Waals surface area contributed by atoms with Gasteiger partial charge >= 0.3 is 0 Å². The first-order valence-corrected chi connectivity index (χ1v) is 6.50. The standard InChI is InChI=1S/C15H11BrF2O/c16-15(18,10-11-5-2-1-3-6-11)14(19)12-7-4-8-13(17)9-12/h1-9H,10H2. The fourth-order valence-corrected chi connectivity index (χ4v) is 2.33. The molecule has 1 unspecified atom stereocenters. The summed E-state index contributed by atoms with van der Waals surface area (Å²) < 4.78 is 25.3.